The second kappa shape index (κ2) is 5.53. The van der Waals surface area contributed by atoms with E-state index in [1.165, 1.54) is 17.4 Å². The third-order valence-corrected chi connectivity index (χ3v) is 3.88. The van der Waals surface area contributed by atoms with Crippen LogP contribution in [0.15, 0.2) is 35.7 Å². The summed E-state index contributed by atoms with van der Waals surface area (Å²) in [6, 6.07) is 10.2. The molecule has 18 heavy (non-hydrogen) atoms. The van der Waals surface area contributed by atoms with Gasteiger partial charge in [0.25, 0.3) is 0 Å². The van der Waals surface area contributed by atoms with Crippen LogP contribution in [-0.2, 0) is 0 Å². The molecule has 0 saturated carbocycles. The normalized spacial score (nSPS) is 11.8. The van der Waals surface area contributed by atoms with E-state index in [2.05, 4.69) is 0 Å². The van der Waals surface area contributed by atoms with Crippen LogP contribution in [0.1, 0.15) is 21.2 Å². The van der Waals surface area contributed by atoms with Crippen LogP contribution in [-0.4, -0.2) is 5.78 Å². The Kier molecular flexibility index (Phi) is 4.03. The first kappa shape index (κ1) is 13.1. The average molecular weight is 296 g/mol. The number of ketones is 1. The predicted octanol–water partition coefficient (Wildman–Crippen LogP) is 4.54. The number of benzene rings is 1. The number of nitrogens with zero attached hydrogens (tertiary/aromatic N) is 1. The summed E-state index contributed by atoms with van der Waals surface area (Å²) in [5, 5.41) is 11.8. The zero-order valence-corrected chi connectivity index (χ0v) is 11.4. The van der Waals surface area contributed by atoms with Crippen molar-refractivity contribution < 1.29 is 4.79 Å². The lowest BCUT2D eigenvalue weighted by atomic mass is 9.95. The summed E-state index contributed by atoms with van der Waals surface area (Å²) in [7, 11) is 0. The first-order chi connectivity index (χ1) is 8.63. The molecule has 0 aliphatic heterocycles. The van der Waals surface area contributed by atoms with Crippen LogP contribution < -0.4 is 0 Å². The van der Waals surface area contributed by atoms with Crippen molar-refractivity contribution in [1.82, 2.24) is 0 Å². The Morgan fingerprint density at radius 2 is 2.11 bits per heavy atom. The van der Waals surface area contributed by atoms with E-state index in [0.717, 1.165) is 0 Å². The average Bonchev–Trinajstić information content (AvgIpc) is 2.86. The Labute approximate surface area is 118 Å². The maximum Gasteiger partial charge on any atom is 0.194 e. The fourth-order valence-corrected chi connectivity index (χ4v) is 2.78. The molecule has 1 aromatic carbocycles. The van der Waals surface area contributed by atoms with E-state index in [-0.39, 0.29) is 5.78 Å². The zero-order chi connectivity index (χ0) is 13.1. The lowest BCUT2D eigenvalue weighted by Gasteiger charge is -2.09. The van der Waals surface area contributed by atoms with Gasteiger partial charge in [0.15, 0.2) is 5.78 Å². The van der Waals surface area contributed by atoms with Gasteiger partial charge >= 0.3 is 0 Å². The van der Waals surface area contributed by atoms with Gasteiger partial charge in [-0.15, -0.1) is 11.3 Å². The fraction of sp³-hybridized carbons (Fsp3) is 0.0769. The molecule has 1 heterocycles. The fourth-order valence-electron chi connectivity index (χ4n) is 1.57. The number of rotatable bonds is 3. The van der Waals surface area contributed by atoms with E-state index in [1.807, 2.05) is 6.07 Å². The molecule has 0 saturated heterocycles. The summed E-state index contributed by atoms with van der Waals surface area (Å²) >= 11 is 13.1. The smallest absolute Gasteiger partial charge is 0.194 e. The van der Waals surface area contributed by atoms with Crippen molar-refractivity contribution in [3.8, 4) is 6.07 Å². The molecule has 0 aliphatic carbocycles. The highest BCUT2D eigenvalue weighted by Gasteiger charge is 2.24. The zero-order valence-electron chi connectivity index (χ0n) is 9.06. The van der Waals surface area contributed by atoms with E-state index >= 15 is 0 Å². The Bertz CT molecular complexity index is 616. The van der Waals surface area contributed by atoms with E-state index in [9.17, 15) is 10.1 Å². The SMILES string of the molecule is N#C[C@@H](C(=O)c1cccs1)c1ccc(Cl)cc1Cl. The molecule has 1 aromatic heterocycles. The molecular formula is C13H7Cl2NOS. The number of nitriles is 1. The molecule has 0 amide bonds. The summed E-state index contributed by atoms with van der Waals surface area (Å²) < 4.78 is 0. The monoisotopic (exact) mass is 295 g/mol. The number of hydrogen-bond donors (Lipinski definition) is 0. The molecule has 0 spiro atoms. The molecule has 0 unspecified atom stereocenters. The topological polar surface area (TPSA) is 40.9 Å². The van der Waals surface area contributed by atoms with Crippen LogP contribution in [0.5, 0.6) is 0 Å². The van der Waals surface area contributed by atoms with Crippen LogP contribution in [0, 0.1) is 11.3 Å². The minimum Gasteiger partial charge on any atom is -0.291 e. The molecule has 2 aromatic rings. The van der Waals surface area contributed by atoms with Gasteiger partial charge in [0.1, 0.15) is 5.92 Å². The van der Waals surface area contributed by atoms with Crippen molar-refractivity contribution >= 4 is 40.3 Å². The molecule has 0 aliphatic rings. The molecule has 2 rings (SSSR count). The maximum atomic E-state index is 12.2. The first-order valence-corrected chi connectivity index (χ1v) is 6.69. The largest absolute Gasteiger partial charge is 0.291 e. The van der Waals surface area contributed by atoms with E-state index in [1.54, 1.807) is 29.6 Å². The number of thiophene rings is 1. The minimum absolute atomic E-state index is 0.239. The summed E-state index contributed by atoms with van der Waals surface area (Å²) in [6.45, 7) is 0. The Morgan fingerprint density at radius 3 is 2.67 bits per heavy atom. The van der Waals surface area contributed by atoms with Gasteiger partial charge in [0.2, 0.25) is 0 Å². The van der Waals surface area contributed by atoms with Crippen molar-refractivity contribution in [2.75, 3.05) is 0 Å². The van der Waals surface area contributed by atoms with Crippen LogP contribution in [0.4, 0.5) is 0 Å². The Hall–Kier alpha value is -1.34. The molecule has 0 radical (unpaired) electrons. The molecule has 90 valence electrons. The summed E-state index contributed by atoms with van der Waals surface area (Å²) in [5.41, 5.74) is 0.488. The minimum atomic E-state index is -0.895. The van der Waals surface area contributed by atoms with Gasteiger partial charge in [0, 0.05) is 10.0 Å². The second-order valence-corrected chi connectivity index (χ2v) is 5.36. The Morgan fingerprint density at radius 1 is 1.33 bits per heavy atom. The third kappa shape index (κ3) is 2.56. The molecule has 5 heteroatoms. The number of Topliss-reactive ketones (excluding diaryl/α,β-unsaturated/α-hetero) is 1. The van der Waals surface area contributed by atoms with Crippen molar-refractivity contribution in [2.45, 2.75) is 5.92 Å². The second-order valence-electron chi connectivity index (χ2n) is 3.57. The van der Waals surface area contributed by atoms with Gasteiger partial charge in [-0.2, -0.15) is 5.26 Å². The Balaban J connectivity index is 2.41. The van der Waals surface area contributed by atoms with Crippen LogP contribution in [0.3, 0.4) is 0 Å². The number of halogens is 2. The lowest BCUT2D eigenvalue weighted by molar-refractivity contribution is 0.0983. The highest BCUT2D eigenvalue weighted by atomic mass is 35.5. The first-order valence-electron chi connectivity index (χ1n) is 5.05. The molecule has 0 bridgehead atoms. The molecule has 0 N–H and O–H groups in total. The van der Waals surface area contributed by atoms with Gasteiger partial charge in [-0.05, 0) is 29.1 Å². The van der Waals surface area contributed by atoms with Crippen molar-refractivity contribution in [2.24, 2.45) is 0 Å². The quantitative estimate of drug-likeness (QED) is 0.780. The van der Waals surface area contributed by atoms with Crippen LogP contribution in [0.2, 0.25) is 10.0 Å². The molecule has 2 nitrogen and oxygen atoms in total. The van der Waals surface area contributed by atoms with Crippen LogP contribution in [0.25, 0.3) is 0 Å². The number of carbonyl (C=O) groups excluding carboxylic acids is 1. The van der Waals surface area contributed by atoms with E-state index in [4.69, 9.17) is 23.2 Å². The summed E-state index contributed by atoms with van der Waals surface area (Å²) in [6.07, 6.45) is 0. The van der Waals surface area contributed by atoms with Crippen molar-refractivity contribution in [3.05, 3.63) is 56.2 Å². The van der Waals surface area contributed by atoms with Gasteiger partial charge < -0.3 is 0 Å². The lowest BCUT2D eigenvalue weighted by Crippen LogP contribution is -2.10. The van der Waals surface area contributed by atoms with E-state index in [0.29, 0.717) is 20.5 Å². The van der Waals surface area contributed by atoms with Gasteiger partial charge in [-0.1, -0.05) is 35.3 Å². The highest BCUT2D eigenvalue weighted by Crippen LogP contribution is 2.30. The van der Waals surface area contributed by atoms with Crippen molar-refractivity contribution in [1.29, 1.82) is 5.26 Å². The predicted molar refractivity (Wildman–Crippen MR) is 73.5 cm³/mol. The summed E-state index contributed by atoms with van der Waals surface area (Å²) in [5.74, 6) is -1.13. The van der Waals surface area contributed by atoms with Gasteiger partial charge in [-0.25, -0.2) is 0 Å². The number of hydrogen-bond acceptors (Lipinski definition) is 3. The number of carbonyl (C=O) groups is 1. The molecule has 0 fully saturated rings. The maximum absolute atomic E-state index is 12.2. The molecule has 1 atom stereocenters. The van der Waals surface area contributed by atoms with E-state index < -0.39 is 5.92 Å². The summed E-state index contributed by atoms with van der Waals surface area (Å²) in [4.78, 5) is 12.7. The van der Waals surface area contributed by atoms with Gasteiger partial charge in [0.05, 0.1) is 10.9 Å². The highest BCUT2D eigenvalue weighted by molar-refractivity contribution is 7.12. The van der Waals surface area contributed by atoms with Crippen molar-refractivity contribution in [3.63, 3.8) is 0 Å². The molecular weight excluding hydrogens is 289 g/mol. The standard InChI is InChI=1S/C13H7Cl2NOS/c14-8-3-4-9(11(15)6-8)10(7-16)13(17)12-2-1-5-18-12/h1-6,10H/t10-/m1/s1. The third-order valence-electron chi connectivity index (χ3n) is 2.43. The van der Waals surface area contributed by atoms with Gasteiger partial charge in [-0.3, -0.25) is 4.79 Å². The van der Waals surface area contributed by atoms with Crippen LogP contribution >= 0.6 is 34.5 Å².